The summed E-state index contributed by atoms with van der Waals surface area (Å²) in [5.74, 6) is 0.816. The summed E-state index contributed by atoms with van der Waals surface area (Å²) < 4.78 is 0. The SMILES string of the molecule is CN=C(NCCC(=O)NC(C)C)NC1CCN(c2ccccc2)C1.I. The Balaban J connectivity index is 0.00000312. The molecule has 3 N–H and O–H groups in total. The molecule has 1 aromatic rings. The van der Waals surface area contributed by atoms with E-state index in [1.165, 1.54) is 5.69 Å². The van der Waals surface area contributed by atoms with Crippen molar-refractivity contribution in [1.82, 2.24) is 16.0 Å². The van der Waals surface area contributed by atoms with E-state index in [1.54, 1.807) is 7.05 Å². The van der Waals surface area contributed by atoms with Gasteiger partial charge in [0.2, 0.25) is 5.91 Å². The van der Waals surface area contributed by atoms with Gasteiger partial charge in [-0.25, -0.2) is 0 Å². The Bertz CT molecular complexity index is 550. The van der Waals surface area contributed by atoms with Crippen LogP contribution in [0.15, 0.2) is 35.3 Å². The first kappa shape index (κ1) is 21.5. The van der Waals surface area contributed by atoms with Gasteiger partial charge in [-0.3, -0.25) is 9.79 Å². The lowest BCUT2D eigenvalue weighted by Gasteiger charge is -2.20. The number of amides is 1. The second-order valence-corrected chi connectivity index (χ2v) is 6.38. The summed E-state index contributed by atoms with van der Waals surface area (Å²) >= 11 is 0. The lowest BCUT2D eigenvalue weighted by Crippen LogP contribution is -2.45. The molecule has 7 heteroatoms. The molecule has 6 nitrogen and oxygen atoms in total. The van der Waals surface area contributed by atoms with Crippen LogP contribution in [0.25, 0.3) is 0 Å². The Morgan fingerprint density at radius 1 is 1.32 bits per heavy atom. The van der Waals surface area contributed by atoms with Crippen molar-refractivity contribution in [2.24, 2.45) is 4.99 Å². The number of benzene rings is 1. The largest absolute Gasteiger partial charge is 0.369 e. The van der Waals surface area contributed by atoms with E-state index < -0.39 is 0 Å². The molecule has 1 unspecified atom stereocenters. The van der Waals surface area contributed by atoms with Crippen molar-refractivity contribution in [3.8, 4) is 0 Å². The highest BCUT2D eigenvalue weighted by atomic mass is 127. The van der Waals surface area contributed by atoms with E-state index in [0.29, 0.717) is 19.0 Å². The van der Waals surface area contributed by atoms with Crippen LogP contribution >= 0.6 is 24.0 Å². The standard InChI is InChI=1S/C18H29N5O.HI/c1-14(2)21-17(24)9-11-20-18(19-3)22-15-10-12-23(13-15)16-7-5-4-6-8-16;/h4-8,14-15H,9-13H2,1-3H3,(H,21,24)(H2,19,20,22);1H. The number of nitrogens with one attached hydrogen (secondary N) is 3. The highest BCUT2D eigenvalue weighted by Crippen LogP contribution is 2.19. The fourth-order valence-electron chi connectivity index (χ4n) is 2.83. The van der Waals surface area contributed by atoms with E-state index in [-0.39, 0.29) is 35.9 Å². The number of halogens is 1. The average molecular weight is 459 g/mol. The zero-order chi connectivity index (χ0) is 17.4. The maximum Gasteiger partial charge on any atom is 0.221 e. The van der Waals surface area contributed by atoms with Gasteiger partial charge in [0, 0.05) is 50.9 Å². The Morgan fingerprint density at radius 3 is 2.68 bits per heavy atom. The number of carbonyl (C=O) groups excluding carboxylic acids is 1. The number of carbonyl (C=O) groups is 1. The van der Waals surface area contributed by atoms with Gasteiger partial charge in [0.05, 0.1) is 0 Å². The Kier molecular flexibility index (Phi) is 9.62. The predicted molar refractivity (Wildman–Crippen MR) is 115 cm³/mol. The molecule has 0 spiro atoms. The molecule has 1 atom stereocenters. The molecule has 25 heavy (non-hydrogen) atoms. The lowest BCUT2D eigenvalue weighted by atomic mass is 10.2. The molecule has 1 aliphatic heterocycles. The Morgan fingerprint density at radius 2 is 2.04 bits per heavy atom. The molecule has 1 saturated heterocycles. The number of para-hydroxylation sites is 1. The van der Waals surface area contributed by atoms with Gasteiger partial charge >= 0.3 is 0 Å². The first-order valence-corrected chi connectivity index (χ1v) is 8.65. The van der Waals surface area contributed by atoms with Crippen LogP contribution in [0.1, 0.15) is 26.7 Å². The van der Waals surface area contributed by atoms with Gasteiger partial charge in [0.1, 0.15) is 0 Å². The Hall–Kier alpha value is -1.51. The zero-order valence-electron chi connectivity index (χ0n) is 15.3. The molecule has 1 amide bonds. The summed E-state index contributed by atoms with van der Waals surface area (Å²) in [7, 11) is 1.76. The number of anilines is 1. The zero-order valence-corrected chi connectivity index (χ0v) is 17.6. The van der Waals surface area contributed by atoms with Crippen LogP contribution < -0.4 is 20.9 Å². The van der Waals surface area contributed by atoms with E-state index in [2.05, 4.69) is 50.1 Å². The summed E-state index contributed by atoms with van der Waals surface area (Å²) in [5.41, 5.74) is 1.26. The van der Waals surface area contributed by atoms with Crippen LogP contribution in [0.3, 0.4) is 0 Å². The summed E-state index contributed by atoms with van der Waals surface area (Å²) in [6.45, 7) is 6.50. The van der Waals surface area contributed by atoms with Gasteiger partial charge in [-0.2, -0.15) is 0 Å². The number of nitrogens with zero attached hydrogens (tertiary/aromatic N) is 2. The molecule has 0 bridgehead atoms. The molecule has 1 aromatic carbocycles. The summed E-state index contributed by atoms with van der Waals surface area (Å²) in [4.78, 5) is 18.3. The predicted octanol–water partition coefficient (Wildman–Crippen LogP) is 1.96. The van der Waals surface area contributed by atoms with E-state index in [9.17, 15) is 4.79 Å². The first-order valence-electron chi connectivity index (χ1n) is 8.65. The molecule has 0 saturated carbocycles. The van der Waals surface area contributed by atoms with E-state index in [4.69, 9.17) is 0 Å². The third kappa shape index (κ3) is 7.50. The number of hydrogen-bond donors (Lipinski definition) is 3. The van der Waals surface area contributed by atoms with Crippen molar-refractivity contribution in [1.29, 1.82) is 0 Å². The number of guanidine groups is 1. The monoisotopic (exact) mass is 459 g/mol. The number of hydrogen-bond acceptors (Lipinski definition) is 3. The fourth-order valence-corrected chi connectivity index (χ4v) is 2.83. The number of rotatable bonds is 6. The lowest BCUT2D eigenvalue weighted by molar-refractivity contribution is -0.121. The van der Waals surface area contributed by atoms with Crippen LogP contribution in [0.4, 0.5) is 5.69 Å². The van der Waals surface area contributed by atoms with E-state index in [0.717, 1.165) is 25.5 Å². The van der Waals surface area contributed by atoms with Crippen molar-refractivity contribution < 1.29 is 4.79 Å². The van der Waals surface area contributed by atoms with Crippen molar-refractivity contribution in [3.05, 3.63) is 30.3 Å². The Labute approximate surface area is 167 Å². The van der Waals surface area contributed by atoms with Gasteiger partial charge in [0.25, 0.3) is 0 Å². The second kappa shape index (κ2) is 11.2. The molecule has 1 heterocycles. The van der Waals surface area contributed by atoms with Gasteiger partial charge in [-0.15, -0.1) is 24.0 Å². The minimum Gasteiger partial charge on any atom is -0.369 e. The smallest absolute Gasteiger partial charge is 0.221 e. The van der Waals surface area contributed by atoms with Gasteiger partial charge < -0.3 is 20.9 Å². The molecular formula is C18H30IN5O. The fraction of sp³-hybridized carbons (Fsp3) is 0.556. The molecule has 0 radical (unpaired) electrons. The maximum atomic E-state index is 11.6. The molecule has 2 rings (SSSR count). The molecular weight excluding hydrogens is 429 g/mol. The van der Waals surface area contributed by atoms with Crippen molar-refractivity contribution in [2.45, 2.75) is 38.8 Å². The molecule has 1 fully saturated rings. The second-order valence-electron chi connectivity index (χ2n) is 6.38. The summed E-state index contributed by atoms with van der Waals surface area (Å²) in [6, 6.07) is 11.0. The average Bonchev–Trinajstić information content (AvgIpc) is 3.02. The van der Waals surface area contributed by atoms with Crippen LogP contribution in [-0.4, -0.2) is 50.6 Å². The van der Waals surface area contributed by atoms with Gasteiger partial charge in [-0.05, 0) is 32.4 Å². The van der Waals surface area contributed by atoms with E-state index >= 15 is 0 Å². The van der Waals surface area contributed by atoms with Crippen molar-refractivity contribution in [3.63, 3.8) is 0 Å². The third-order valence-corrected chi connectivity index (χ3v) is 3.97. The van der Waals surface area contributed by atoms with Crippen molar-refractivity contribution >= 4 is 41.5 Å². The minimum absolute atomic E-state index is 0. The van der Waals surface area contributed by atoms with E-state index in [1.807, 2.05) is 19.9 Å². The van der Waals surface area contributed by atoms with Crippen LogP contribution in [0.5, 0.6) is 0 Å². The minimum atomic E-state index is 0. The van der Waals surface area contributed by atoms with Crippen LogP contribution in [0.2, 0.25) is 0 Å². The summed E-state index contributed by atoms with van der Waals surface area (Å²) in [6.07, 6.45) is 1.52. The van der Waals surface area contributed by atoms with Gasteiger partial charge in [0.15, 0.2) is 5.96 Å². The third-order valence-electron chi connectivity index (χ3n) is 3.97. The number of aliphatic imine (C=N–C) groups is 1. The highest BCUT2D eigenvalue weighted by Gasteiger charge is 2.23. The maximum absolute atomic E-state index is 11.6. The molecule has 140 valence electrons. The van der Waals surface area contributed by atoms with Crippen LogP contribution in [-0.2, 0) is 4.79 Å². The first-order chi connectivity index (χ1) is 11.6. The summed E-state index contributed by atoms with van der Waals surface area (Å²) in [5, 5.41) is 9.55. The molecule has 1 aliphatic rings. The quantitative estimate of drug-likeness (QED) is 0.346. The molecule has 0 aliphatic carbocycles. The van der Waals surface area contributed by atoms with Crippen LogP contribution in [0, 0.1) is 0 Å². The normalized spacial score (nSPS) is 17.2. The topological polar surface area (TPSA) is 68.8 Å². The molecule has 0 aromatic heterocycles. The van der Waals surface area contributed by atoms with Gasteiger partial charge in [-0.1, -0.05) is 18.2 Å². The highest BCUT2D eigenvalue weighted by molar-refractivity contribution is 14.0. The van der Waals surface area contributed by atoms with Crippen molar-refractivity contribution in [2.75, 3.05) is 31.6 Å².